The Morgan fingerprint density at radius 2 is 1.94 bits per heavy atom. The largest absolute Gasteiger partial charge is 0.390 e. The second-order valence-corrected chi connectivity index (χ2v) is 4.23. The highest BCUT2D eigenvalue weighted by atomic mass is 19.4. The normalized spacial score (nSPS) is 12.2. The zero-order chi connectivity index (χ0) is 13.8. The molecular formula is C12H16F4N2. The number of nitrogens with zero attached hydrogens (tertiary/aromatic N) is 1. The van der Waals surface area contributed by atoms with Crippen LogP contribution in [0, 0.1) is 5.82 Å². The van der Waals surface area contributed by atoms with Crippen LogP contribution >= 0.6 is 0 Å². The molecule has 0 aliphatic heterocycles. The molecule has 0 atom stereocenters. The van der Waals surface area contributed by atoms with Crippen LogP contribution in [0.5, 0.6) is 0 Å². The summed E-state index contributed by atoms with van der Waals surface area (Å²) in [4.78, 5) is 1.44. The van der Waals surface area contributed by atoms with Gasteiger partial charge >= 0.3 is 6.18 Å². The molecule has 0 amide bonds. The summed E-state index contributed by atoms with van der Waals surface area (Å²) in [7, 11) is 1.53. The summed E-state index contributed by atoms with van der Waals surface area (Å²) in [6.45, 7) is 0.232. The van der Waals surface area contributed by atoms with Gasteiger partial charge in [0, 0.05) is 25.2 Å². The van der Waals surface area contributed by atoms with E-state index in [1.54, 1.807) is 12.1 Å². The number of hydrogen-bond acceptors (Lipinski definition) is 2. The highest BCUT2D eigenvalue weighted by Gasteiger charge is 2.27. The van der Waals surface area contributed by atoms with E-state index in [-0.39, 0.29) is 19.6 Å². The van der Waals surface area contributed by atoms with Crippen molar-refractivity contribution in [2.24, 2.45) is 5.73 Å². The standard InChI is InChI=1S/C12H16F4N2/c1-18(5-4-12(14,15)16)8-10-3-2-9(7-17)6-11(10)13/h2-3,6H,4-5,7-8,17H2,1H3. The van der Waals surface area contributed by atoms with E-state index in [0.29, 0.717) is 11.1 Å². The molecule has 102 valence electrons. The van der Waals surface area contributed by atoms with E-state index in [2.05, 4.69) is 0 Å². The first kappa shape index (κ1) is 14.9. The SMILES string of the molecule is CN(CCC(F)(F)F)Cc1ccc(CN)cc1F. The Balaban J connectivity index is 2.56. The van der Waals surface area contributed by atoms with Crippen molar-refractivity contribution >= 4 is 0 Å². The van der Waals surface area contributed by atoms with E-state index in [4.69, 9.17) is 5.73 Å². The van der Waals surface area contributed by atoms with Crippen LogP contribution in [0.1, 0.15) is 17.5 Å². The number of halogens is 4. The monoisotopic (exact) mass is 264 g/mol. The van der Waals surface area contributed by atoms with E-state index in [9.17, 15) is 17.6 Å². The molecule has 2 nitrogen and oxygen atoms in total. The first-order valence-electron chi connectivity index (χ1n) is 5.54. The average Bonchev–Trinajstić information content (AvgIpc) is 2.28. The molecule has 0 unspecified atom stereocenters. The minimum Gasteiger partial charge on any atom is -0.326 e. The van der Waals surface area contributed by atoms with Crippen LogP contribution in [0.4, 0.5) is 17.6 Å². The zero-order valence-corrected chi connectivity index (χ0v) is 10.1. The van der Waals surface area contributed by atoms with Gasteiger partial charge in [0.05, 0.1) is 6.42 Å². The van der Waals surface area contributed by atoms with E-state index in [0.717, 1.165) is 0 Å². The van der Waals surface area contributed by atoms with Gasteiger partial charge in [-0.1, -0.05) is 12.1 Å². The van der Waals surface area contributed by atoms with Crippen molar-refractivity contribution in [2.75, 3.05) is 13.6 Å². The topological polar surface area (TPSA) is 29.3 Å². The molecule has 0 aliphatic carbocycles. The predicted octanol–water partition coefficient (Wildman–Crippen LogP) is 2.67. The number of benzene rings is 1. The number of nitrogens with two attached hydrogens (primary N) is 1. The summed E-state index contributed by atoms with van der Waals surface area (Å²) >= 11 is 0. The predicted molar refractivity (Wildman–Crippen MR) is 61.3 cm³/mol. The molecule has 6 heteroatoms. The van der Waals surface area contributed by atoms with Gasteiger partial charge in [0.2, 0.25) is 0 Å². The van der Waals surface area contributed by atoms with E-state index < -0.39 is 18.4 Å². The third-order valence-corrected chi connectivity index (χ3v) is 2.57. The number of hydrogen-bond donors (Lipinski definition) is 1. The van der Waals surface area contributed by atoms with E-state index >= 15 is 0 Å². The maximum Gasteiger partial charge on any atom is 0.390 e. The highest BCUT2D eigenvalue weighted by molar-refractivity contribution is 5.24. The van der Waals surface area contributed by atoms with E-state index in [1.165, 1.54) is 18.0 Å². The Bertz CT molecular complexity index is 390. The minimum atomic E-state index is -4.18. The van der Waals surface area contributed by atoms with Gasteiger partial charge in [-0.05, 0) is 18.7 Å². The molecule has 0 saturated heterocycles. The molecule has 0 fully saturated rings. The molecule has 0 radical (unpaired) electrons. The molecule has 0 bridgehead atoms. The third-order valence-electron chi connectivity index (χ3n) is 2.57. The molecule has 1 aromatic rings. The second-order valence-electron chi connectivity index (χ2n) is 4.23. The Morgan fingerprint density at radius 3 is 2.44 bits per heavy atom. The molecule has 18 heavy (non-hydrogen) atoms. The van der Waals surface area contributed by atoms with Crippen LogP contribution in [0.2, 0.25) is 0 Å². The fourth-order valence-electron chi connectivity index (χ4n) is 1.53. The van der Waals surface area contributed by atoms with Gasteiger partial charge in [-0.2, -0.15) is 13.2 Å². The summed E-state index contributed by atoms with van der Waals surface area (Å²) in [5.41, 5.74) is 6.40. The molecule has 0 saturated carbocycles. The Kier molecular flexibility index (Phi) is 5.10. The summed E-state index contributed by atoms with van der Waals surface area (Å²) in [5.74, 6) is -0.434. The van der Waals surface area contributed by atoms with Crippen molar-refractivity contribution in [1.82, 2.24) is 4.90 Å². The highest BCUT2D eigenvalue weighted by Crippen LogP contribution is 2.20. The molecule has 1 rings (SSSR count). The maximum absolute atomic E-state index is 13.6. The molecular weight excluding hydrogens is 248 g/mol. The van der Waals surface area contributed by atoms with Crippen molar-refractivity contribution < 1.29 is 17.6 Å². The lowest BCUT2D eigenvalue weighted by atomic mass is 10.1. The minimum absolute atomic E-state index is 0.146. The fraction of sp³-hybridized carbons (Fsp3) is 0.500. The van der Waals surface area contributed by atoms with Gasteiger partial charge in [0.15, 0.2) is 0 Å². The van der Waals surface area contributed by atoms with Crippen LogP contribution in [0.15, 0.2) is 18.2 Å². The Morgan fingerprint density at radius 1 is 1.28 bits per heavy atom. The van der Waals surface area contributed by atoms with Gasteiger partial charge in [-0.3, -0.25) is 0 Å². The maximum atomic E-state index is 13.6. The third kappa shape index (κ3) is 5.01. The Hall–Kier alpha value is -1.14. The van der Waals surface area contributed by atoms with Crippen LogP contribution in [-0.2, 0) is 13.1 Å². The first-order valence-corrected chi connectivity index (χ1v) is 5.54. The van der Waals surface area contributed by atoms with Gasteiger partial charge < -0.3 is 10.6 Å². The van der Waals surface area contributed by atoms with Gasteiger partial charge in [0.1, 0.15) is 5.82 Å². The lowest BCUT2D eigenvalue weighted by Gasteiger charge is -2.18. The lowest BCUT2D eigenvalue weighted by molar-refractivity contribution is -0.137. The molecule has 0 heterocycles. The van der Waals surface area contributed by atoms with Crippen molar-refractivity contribution in [3.63, 3.8) is 0 Å². The molecule has 2 N–H and O–H groups in total. The van der Waals surface area contributed by atoms with Crippen LogP contribution in [0.3, 0.4) is 0 Å². The van der Waals surface area contributed by atoms with Gasteiger partial charge in [-0.15, -0.1) is 0 Å². The fourth-order valence-corrected chi connectivity index (χ4v) is 1.53. The molecule has 1 aromatic carbocycles. The van der Waals surface area contributed by atoms with Crippen molar-refractivity contribution in [1.29, 1.82) is 0 Å². The smallest absolute Gasteiger partial charge is 0.326 e. The summed E-state index contributed by atoms with van der Waals surface area (Å²) in [5, 5.41) is 0. The average molecular weight is 264 g/mol. The van der Waals surface area contributed by atoms with Crippen molar-refractivity contribution in [3.05, 3.63) is 35.1 Å². The summed E-state index contributed by atoms with van der Waals surface area (Å²) in [6.07, 6.45) is -5.08. The first-order chi connectivity index (χ1) is 8.31. The van der Waals surface area contributed by atoms with Crippen LogP contribution in [0.25, 0.3) is 0 Å². The van der Waals surface area contributed by atoms with Crippen LogP contribution < -0.4 is 5.73 Å². The summed E-state index contributed by atoms with van der Waals surface area (Å²) in [6, 6.07) is 4.55. The zero-order valence-electron chi connectivity index (χ0n) is 10.1. The molecule has 0 spiro atoms. The second kappa shape index (κ2) is 6.15. The molecule has 0 aliphatic rings. The van der Waals surface area contributed by atoms with E-state index in [1.807, 2.05) is 0 Å². The number of rotatable bonds is 5. The van der Waals surface area contributed by atoms with Crippen molar-refractivity contribution in [3.8, 4) is 0 Å². The quantitative estimate of drug-likeness (QED) is 0.828. The summed E-state index contributed by atoms with van der Waals surface area (Å²) < 4.78 is 49.6. The van der Waals surface area contributed by atoms with Gasteiger partial charge in [-0.25, -0.2) is 4.39 Å². The molecule has 0 aromatic heterocycles. The Labute approximate surface area is 103 Å². The van der Waals surface area contributed by atoms with Crippen molar-refractivity contribution in [2.45, 2.75) is 25.7 Å². The number of alkyl halides is 3. The van der Waals surface area contributed by atoms with Gasteiger partial charge in [0.25, 0.3) is 0 Å². The van der Waals surface area contributed by atoms with Crippen LogP contribution in [-0.4, -0.2) is 24.7 Å². The lowest BCUT2D eigenvalue weighted by Crippen LogP contribution is -2.24.